The van der Waals surface area contributed by atoms with E-state index in [1.54, 1.807) is 23.6 Å². The SMILES string of the molecule is CCN(CC)C(=O)CSc1nnc(SCCCn2c(=O)c3c(ncn3C)n(C)c2=O)n1N. The lowest BCUT2D eigenvalue weighted by Crippen LogP contribution is -2.39. The Morgan fingerprint density at radius 3 is 2.44 bits per heavy atom. The van der Waals surface area contributed by atoms with Gasteiger partial charge >= 0.3 is 5.69 Å². The highest BCUT2D eigenvalue weighted by Gasteiger charge is 2.17. The molecule has 0 fully saturated rings. The number of carbonyl (C=O) groups is 1. The van der Waals surface area contributed by atoms with Crippen molar-refractivity contribution >= 4 is 40.6 Å². The maximum atomic E-state index is 12.7. The Morgan fingerprint density at radius 1 is 1.12 bits per heavy atom. The maximum absolute atomic E-state index is 12.7. The molecule has 0 atom stereocenters. The predicted octanol–water partition coefficient (Wildman–Crippen LogP) is -0.118. The van der Waals surface area contributed by atoms with Crippen molar-refractivity contribution in [3.8, 4) is 0 Å². The van der Waals surface area contributed by atoms with Crippen LogP contribution in [0.1, 0.15) is 20.3 Å². The van der Waals surface area contributed by atoms with E-state index in [-0.39, 0.29) is 23.8 Å². The molecule has 14 heteroatoms. The number of nitrogen functional groups attached to an aromatic ring is 1. The van der Waals surface area contributed by atoms with E-state index in [0.717, 1.165) is 0 Å². The number of hydrogen-bond donors (Lipinski definition) is 1. The third-order valence-electron chi connectivity index (χ3n) is 5.03. The topological polar surface area (TPSA) is 139 Å². The summed E-state index contributed by atoms with van der Waals surface area (Å²) in [6.07, 6.45) is 2.07. The van der Waals surface area contributed by atoms with Gasteiger partial charge < -0.3 is 15.3 Å². The molecular weight excluding hydrogens is 454 g/mol. The minimum Gasteiger partial charge on any atom is -0.343 e. The van der Waals surface area contributed by atoms with Crippen LogP contribution in [0.3, 0.4) is 0 Å². The van der Waals surface area contributed by atoms with Crippen molar-refractivity contribution in [2.24, 2.45) is 14.1 Å². The Balaban J connectivity index is 1.59. The largest absolute Gasteiger partial charge is 0.343 e. The first-order valence-corrected chi connectivity index (χ1v) is 12.1. The molecular formula is C18H27N9O3S2. The first-order chi connectivity index (χ1) is 15.3. The quantitative estimate of drug-likeness (QED) is 0.238. The van der Waals surface area contributed by atoms with E-state index in [4.69, 9.17) is 5.84 Å². The Morgan fingerprint density at radius 2 is 1.78 bits per heavy atom. The number of imidazole rings is 1. The second-order valence-electron chi connectivity index (χ2n) is 7.02. The normalized spacial score (nSPS) is 11.4. The fraction of sp³-hybridized carbons (Fsp3) is 0.556. The van der Waals surface area contributed by atoms with Gasteiger partial charge in [-0.05, 0) is 20.3 Å². The maximum Gasteiger partial charge on any atom is 0.332 e. The molecule has 3 heterocycles. The Hall–Kier alpha value is -2.74. The lowest BCUT2D eigenvalue weighted by Gasteiger charge is -2.17. The number of carbonyl (C=O) groups excluding carboxylic acids is 1. The number of thioether (sulfide) groups is 2. The van der Waals surface area contributed by atoms with E-state index in [1.165, 1.54) is 43.7 Å². The molecule has 0 aromatic carbocycles. The molecule has 0 aliphatic rings. The molecule has 3 rings (SSSR count). The number of aryl methyl sites for hydroxylation is 2. The van der Waals surface area contributed by atoms with Gasteiger partial charge in [0.1, 0.15) is 0 Å². The van der Waals surface area contributed by atoms with Gasteiger partial charge in [0.25, 0.3) is 5.56 Å². The third-order valence-corrected chi connectivity index (χ3v) is 6.99. The zero-order valence-electron chi connectivity index (χ0n) is 18.5. The molecule has 3 aromatic rings. The summed E-state index contributed by atoms with van der Waals surface area (Å²) >= 11 is 2.62. The van der Waals surface area contributed by atoms with Gasteiger partial charge in [0, 0.05) is 39.5 Å². The summed E-state index contributed by atoms with van der Waals surface area (Å²) < 4.78 is 5.57. The Kier molecular flexibility index (Phi) is 7.66. The minimum atomic E-state index is -0.398. The van der Waals surface area contributed by atoms with Gasteiger partial charge in [0.2, 0.25) is 16.2 Å². The van der Waals surface area contributed by atoms with Crippen molar-refractivity contribution in [3.05, 3.63) is 27.2 Å². The first kappa shape index (κ1) is 23.9. The minimum absolute atomic E-state index is 0.0228. The molecule has 0 radical (unpaired) electrons. The van der Waals surface area contributed by atoms with Crippen molar-refractivity contribution in [2.45, 2.75) is 37.1 Å². The van der Waals surface area contributed by atoms with Crippen LogP contribution in [0.4, 0.5) is 0 Å². The zero-order valence-corrected chi connectivity index (χ0v) is 20.1. The van der Waals surface area contributed by atoms with E-state index in [2.05, 4.69) is 15.2 Å². The van der Waals surface area contributed by atoms with Gasteiger partial charge in [-0.1, -0.05) is 23.5 Å². The number of aromatic nitrogens is 7. The molecule has 0 aliphatic heterocycles. The predicted molar refractivity (Wildman–Crippen MR) is 124 cm³/mol. The molecule has 0 saturated carbocycles. The van der Waals surface area contributed by atoms with Crippen LogP contribution in [-0.4, -0.2) is 69.0 Å². The molecule has 174 valence electrons. The van der Waals surface area contributed by atoms with Gasteiger partial charge in [0.15, 0.2) is 11.2 Å². The van der Waals surface area contributed by atoms with Crippen molar-refractivity contribution in [2.75, 3.05) is 30.4 Å². The van der Waals surface area contributed by atoms with Gasteiger partial charge in [0.05, 0.1) is 12.1 Å². The number of nitrogens with two attached hydrogens (primary N) is 1. The van der Waals surface area contributed by atoms with Crippen LogP contribution in [0.5, 0.6) is 0 Å². The zero-order chi connectivity index (χ0) is 23.4. The highest BCUT2D eigenvalue weighted by molar-refractivity contribution is 8.00. The monoisotopic (exact) mass is 481 g/mol. The summed E-state index contributed by atoms with van der Waals surface area (Å²) in [6, 6.07) is 0. The molecule has 32 heavy (non-hydrogen) atoms. The number of rotatable bonds is 10. The number of nitrogens with zero attached hydrogens (tertiary/aromatic N) is 8. The summed E-state index contributed by atoms with van der Waals surface area (Å²) in [4.78, 5) is 43.3. The van der Waals surface area contributed by atoms with E-state index < -0.39 is 5.69 Å². The summed E-state index contributed by atoms with van der Waals surface area (Å²) in [5.41, 5.74) is 0.00707. The van der Waals surface area contributed by atoms with Crippen molar-refractivity contribution in [1.82, 2.24) is 38.5 Å². The summed E-state index contributed by atoms with van der Waals surface area (Å²) in [5, 5.41) is 9.09. The van der Waals surface area contributed by atoms with Gasteiger partial charge in [-0.25, -0.2) is 14.5 Å². The summed E-state index contributed by atoms with van der Waals surface area (Å²) in [7, 11) is 3.32. The average molecular weight is 482 g/mol. The van der Waals surface area contributed by atoms with Crippen molar-refractivity contribution in [3.63, 3.8) is 0 Å². The summed E-state index contributed by atoms with van der Waals surface area (Å²) in [5.74, 6) is 6.91. The van der Waals surface area contributed by atoms with Gasteiger partial charge in [-0.3, -0.25) is 18.7 Å². The van der Waals surface area contributed by atoms with E-state index >= 15 is 0 Å². The lowest BCUT2D eigenvalue weighted by atomic mass is 10.4. The number of amides is 1. The highest BCUT2D eigenvalue weighted by Crippen LogP contribution is 2.21. The smallest absolute Gasteiger partial charge is 0.332 e. The van der Waals surface area contributed by atoms with Crippen LogP contribution >= 0.6 is 23.5 Å². The lowest BCUT2D eigenvalue weighted by molar-refractivity contribution is -0.127. The molecule has 0 aliphatic carbocycles. The van der Waals surface area contributed by atoms with Crippen LogP contribution < -0.4 is 17.1 Å². The first-order valence-electron chi connectivity index (χ1n) is 10.1. The second kappa shape index (κ2) is 10.3. The van der Waals surface area contributed by atoms with Crippen LogP contribution in [0.15, 0.2) is 26.2 Å². The highest BCUT2D eigenvalue weighted by atomic mass is 32.2. The Labute approximate surface area is 192 Å². The summed E-state index contributed by atoms with van der Waals surface area (Å²) in [6.45, 7) is 5.45. The molecule has 3 aromatic heterocycles. The molecule has 0 bridgehead atoms. The fourth-order valence-corrected chi connectivity index (χ4v) is 4.83. The van der Waals surface area contributed by atoms with E-state index in [1.807, 2.05) is 13.8 Å². The van der Waals surface area contributed by atoms with Crippen LogP contribution in [0.2, 0.25) is 0 Å². The Bertz CT molecular complexity index is 1220. The van der Waals surface area contributed by atoms with E-state index in [0.29, 0.717) is 46.7 Å². The standard InChI is InChI=1S/C18H27N9O3S2/c1-5-25(6-2)12(28)10-32-17-22-21-16(27(17)19)31-9-7-8-26-15(29)13-14(20-11-23(13)3)24(4)18(26)30/h11H,5-10,19H2,1-4H3. The van der Waals surface area contributed by atoms with Gasteiger partial charge in [-0.2, -0.15) is 0 Å². The van der Waals surface area contributed by atoms with Crippen LogP contribution in [0, 0.1) is 0 Å². The van der Waals surface area contributed by atoms with E-state index in [9.17, 15) is 14.4 Å². The third kappa shape index (κ3) is 4.70. The van der Waals surface area contributed by atoms with Crippen molar-refractivity contribution < 1.29 is 4.79 Å². The molecule has 0 spiro atoms. The number of fused-ring (bicyclic) bond motifs is 1. The molecule has 12 nitrogen and oxygen atoms in total. The fourth-order valence-electron chi connectivity index (χ4n) is 3.23. The number of hydrogen-bond acceptors (Lipinski definition) is 9. The molecule has 2 N–H and O–H groups in total. The molecule has 1 amide bonds. The van der Waals surface area contributed by atoms with Crippen LogP contribution in [0.25, 0.3) is 11.2 Å². The molecule has 0 unspecified atom stereocenters. The van der Waals surface area contributed by atoms with Crippen molar-refractivity contribution in [1.29, 1.82) is 0 Å². The second-order valence-corrected chi connectivity index (χ2v) is 9.02. The van der Waals surface area contributed by atoms with Gasteiger partial charge in [-0.15, -0.1) is 10.2 Å². The average Bonchev–Trinajstić information content (AvgIpc) is 3.33. The molecule has 0 saturated heterocycles. The van der Waals surface area contributed by atoms with Crippen LogP contribution in [-0.2, 0) is 25.4 Å².